The van der Waals surface area contributed by atoms with Gasteiger partial charge in [-0.3, -0.25) is 0 Å². The number of hydrogen-bond donors (Lipinski definition) is 1. The molecule has 4 nitrogen and oxygen atoms in total. The van der Waals surface area contributed by atoms with Gasteiger partial charge >= 0.3 is 0 Å². The van der Waals surface area contributed by atoms with Crippen LogP contribution in [0.4, 0.5) is 0 Å². The standard InChI is InChI=1S/C12H16N2O2S/c1-4-12(3,9-13)14-17(15,16)11-7-5-10(2)6-8-11/h5-8,14H,4H2,1-3H3. The van der Waals surface area contributed by atoms with Gasteiger partial charge < -0.3 is 0 Å². The Morgan fingerprint density at radius 3 is 2.29 bits per heavy atom. The van der Waals surface area contributed by atoms with E-state index in [9.17, 15) is 8.42 Å². The van der Waals surface area contributed by atoms with Gasteiger partial charge in [0.15, 0.2) is 0 Å². The highest BCUT2D eigenvalue weighted by atomic mass is 32.2. The van der Waals surface area contributed by atoms with Crippen molar-refractivity contribution in [3.05, 3.63) is 29.8 Å². The van der Waals surface area contributed by atoms with Crippen LogP contribution in [0.5, 0.6) is 0 Å². The molecule has 92 valence electrons. The van der Waals surface area contributed by atoms with Crippen LogP contribution >= 0.6 is 0 Å². The van der Waals surface area contributed by atoms with Gasteiger partial charge in [0.2, 0.25) is 10.0 Å². The van der Waals surface area contributed by atoms with Gasteiger partial charge in [-0.15, -0.1) is 0 Å². The van der Waals surface area contributed by atoms with Crippen molar-refractivity contribution in [1.29, 1.82) is 5.26 Å². The molecule has 17 heavy (non-hydrogen) atoms. The molecule has 1 atom stereocenters. The molecule has 1 aromatic carbocycles. The maximum Gasteiger partial charge on any atom is 0.241 e. The molecule has 0 radical (unpaired) electrons. The molecule has 0 amide bonds. The summed E-state index contributed by atoms with van der Waals surface area (Å²) in [6.07, 6.45) is 0.411. The molecule has 1 rings (SSSR count). The molecule has 1 aromatic rings. The smallest absolute Gasteiger partial charge is 0.207 e. The van der Waals surface area contributed by atoms with E-state index in [0.717, 1.165) is 5.56 Å². The first-order valence-corrected chi connectivity index (χ1v) is 6.83. The monoisotopic (exact) mass is 252 g/mol. The second kappa shape index (κ2) is 4.86. The first-order valence-electron chi connectivity index (χ1n) is 5.35. The van der Waals surface area contributed by atoms with E-state index in [1.807, 2.05) is 13.0 Å². The Bertz CT molecular complexity index is 529. The summed E-state index contributed by atoms with van der Waals surface area (Å²) in [6, 6.07) is 8.49. The van der Waals surface area contributed by atoms with Crippen molar-refractivity contribution in [2.75, 3.05) is 0 Å². The summed E-state index contributed by atoms with van der Waals surface area (Å²) in [5.41, 5.74) is -0.0773. The number of hydrogen-bond acceptors (Lipinski definition) is 3. The van der Waals surface area contributed by atoms with Crippen LogP contribution in [0.25, 0.3) is 0 Å². The van der Waals surface area contributed by atoms with Gasteiger partial charge in [0.25, 0.3) is 0 Å². The van der Waals surface area contributed by atoms with E-state index in [2.05, 4.69) is 4.72 Å². The maximum absolute atomic E-state index is 12.0. The second-order valence-electron chi connectivity index (χ2n) is 4.22. The predicted octanol–water partition coefficient (Wildman–Crippen LogP) is 1.97. The minimum Gasteiger partial charge on any atom is -0.207 e. The van der Waals surface area contributed by atoms with E-state index in [4.69, 9.17) is 5.26 Å². The molecular formula is C12H16N2O2S. The normalized spacial score (nSPS) is 14.9. The van der Waals surface area contributed by atoms with E-state index >= 15 is 0 Å². The summed E-state index contributed by atoms with van der Waals surface area (Å²) in [7, 11) is -3.63. The summed E-state index contributed by atoms with van der Waals surface area (Å²) in [6.45, 7) is 5.22. The molecule has 0 aliphatic rings. The van der Waals surface area contributed by atoms with Gasteiger partial charge in [0, 0.05) is 0 Å². The molecule has 0 aromatic heterocycles. The van der Waals surface area contributed by atoms with Crippen LogP contribution in [0.2, 0.25) is 0 Å². The topological polar surface area (TPSA) is 70.0 Å². The minimum atomic E-state index is -3.63. The molecule has 0 saturated carbocycles. The SMILES string of the molecule is CCC(C)(C#N)NS(=O)(=O)c1ccc(C)cc1. The van der Waals surface area contributed by atoms with Gasteiger partial charge in [0.05, 0.1) is 11.0 Å². The summed E-state index contributed by atoms with van der Waals surface area (Å²) in [5.74, 6) is 0. The Labute approximate surface area is 102 Å². The minimum absolute atomic E-state index is 0.179. The molecule has 0 aliphatic carbocycles. The Morgan fingerprint density at radius 2 is 1.88 bits per heavy atom. The summed E-state index contributed by atoms with van der Waals surface area (Å²) < 4.78 is 26.4. The lowest BCUT2D eigenvalue weighted by molar-refractivity contribution is 0.495. The fraction of sp³-hybridized carbons (Fsp3) is 0.417. The summed E-state index contributed by atoms with van der Waals surface area (Å²) >= 11 is 0. The van der Waals surface area contributed by atoms with Crippen LogP contribution in [0.15, 0.2) is 29.2 Å². The van der Waals surface area contributed by atoms with Crippen molar-refractivity contribution in [1.82, 2.24) is 4.72 Å². The first kappa shape index (κ1) is 13.7. The van der Waals surface area contributed by atoms with Crippen LogP contribution in [0.1, 0.15) is 25.8 Å². The third-order valence-corrected chi connectivity index (χ3v) is 4.26. The predicted molar refractivity (Wildman–Crippen MR) is 65.8 cm³/mol. The van der Waals surface area contributed by atoms with Crippen LogP contribution in [-0.2, 0) is 10.0 Å². The van der Waals surface area contributed by atoms with Crippen LogP contribution in [0.3, 0.4) is 0 Å². The Balaban J connectivity index is 3.06. The third-order valence-electron chi connectivity index (χ3n) is 2.64. The molecule has 0 saturated heterocycles. The largest absolute Gasteiger partial charge is 0.241 e. The second-order valence-corrected chi connectivity index (χ2v) is 5.90. The Hall–Kier alpha value is -1.38. The molecule has 0 spiro atoms. The number of benzene rings is 1. The van der Waals surface area contributed by atoms with E-state index in [1.54, 1.807) is 26.0 Å². The van der Waals surface area contributed by atoms with Crippen LogP contribution in [0, 0.1) is 18.3 Å². The van der Waals surface area contributed by atoms with E-state index in [0.29, 0.717) is 6.42 Å². The number of nitrogens with one attached hydrogen (secondary N) is 1. The van der Waals surface area contributed by atoms with Crippen molar-refractivity contribution in [3.63, 3.8) is 0 Å². The highest BCUT2D eigenvalue weighted by Gasteiger charge is 2.28. The maximum atomic E-state index is 12.0. The number of rotatable bonds is 4. The number of nitrogens with zero attached hydrogens (tertiary/aromatic N) is 1. The lowest BCUT2D eigenvalue weighted by atomic mass is 10.0. The third kappa shape index (κ3) is 3.29. The van der Waals surface area contributed by atoms with Crippen LogP contribution < -0.4 is 4.72 Å². The van der Waals surface area contributed by atoms with Crippen molar-refractivity contribution in [3.8, 4) is 6.07 Å². The Morgan fingerprint density at radius 1 is 1.35 bits per heavy atom. The zero-order valence-corrected chi connectivity index (χ0v) is 11.0. The Kier molecular flexibility index (Phi) is 3.91. The molecule has 0 bridgehead atoms. The highest BCUT2D eigenvalue weighted by Crippen LogP contribution is 2.15. The van der Waals surface area contributed by atoms with Gasteiger partial charge in [-0.2, -0.15) is 9.98 Å². The van der Waals surface area contributed by atoms with Crippen molar-refractivity contribution < 1.29 is 8.42 Å². The first-order chi connectivity index (χ1) is 7.83. The number of nitriles is 1. The van der Waals surface area contributed by atoms with E-state index in [-0.39, 0.29) is 4.90 Å². The number of sulfonamides is 1. The average Bonchev–Trinajstić information content (AvgIpc) is 2.29. The van der Waals surface area contributed by atoms with Gasteiger partial charge in [-0.25, -0.2) is 8.42 Å². The van der Waals surface area contributed by atoms with Gasteiger partial charge in [0.1, 0.15) is 5.54 Å². The average molecular weight is 252 g/mol. The molecule has 0 heterocycles. The van der Waals surface area contributed by atoms with E-state index in [1.165, 1.54) is 12.1 Å². The van der Waals surface area contributed by atoms with Crippen molar-refractivity contribution >= 4 is 10.0 Å². The lowest BCUT2D eigenvalue weighted by Crippen LogP contribution is -2.44. The fourth-order valence-electron chi connectivity index (χ4n) is 1.25. The molecule has 0 aliphatic heterocycles. The highest BCUT2D eigenvalue weighted by molar-refractivity contribution is 7.89. The van der Waals surface area contributed by atoms with Crippen molar-refractivity contribution in [2.45, 2.75) is 37.6 Å². The van der Waals surface area contributed by atoms with E-state index < -0.39 is 15.6 Å². The lowest BCUT2D eigenvalue weighted by Gasteiger charge is -2.21. The number of aryl methyl sites for hydroxylation is 1. The summed E-state index contributed by atoms with van der Waals surface area (Å²) in [5, 5.41) is 8.96. The zero-order valence-electron chi connectivity index (χ0n) is 10.2. The van der Waals surface area contributed by atoms with Gasteiger partial charge in [-0.1, -0.05) is 24.6 Å². The molecule has 1 unspecified atom stereocenters. The summed E-state index contributed by atoms with van der Waals surface area (Å²) in [4.78, 5) is 0.179. The van der Waals surface area contributed by atoms with Crippen LogP contribution in [-0.4, -0.2) is 14.0 Å². The fourth-order valence-corrected chi connectivity index (χ4v) is 2.64. The molecule has 0 fully saturated rings. The zero-order chi connectivity index (χ0) is 13.1. The quantitative estimate of drug-likeness (QED) is 0.890. The molecule has 1 N–H and O–H groups in total. The molecule has 5 heteroatoms. The van der Waals surface area contributed by atoms with Crippen molar-refractivity contribution in [2.24, 2.45) is 0 Å². The van der Waals surface area contributed by atoms with Gasteiger partial charge in [-0.05, 0) is 32.4 Å². The molecular weight excluding hydrogens is 236 g/mol.